The highest BCUT2D eigenvalue weighted by atomic mass is 14.4. The smallest absolute Gasteiger partial charge is 0.00323 e. The fourth-order valence-electron chi connectivity index (χ4n) is 4.30. The van der Waals surface area contributed by atoms with Gasteiger partial charge in [0.2, 0.25) is 0 Å². The highest BCUT2D eigenvalue weighted by Gasteiger charge is 2.35. The summed E-state index contributed by atoms with van der Waals surface area (Å²) in [4.78, 5) is 0. The molecule has 114 valence electrons. The molecule has 0 N–H and O–H groups in total. The lowest BCUT2D eigenvalue weighted by atomic mass is 9.79. The summed E-state index contributed by atoms with van der Waals surface area (Å²) in [5.41, 5.74) is 7.28. The van der Waals surface area contributed by atoms with Gasteiger partial charge in [0, 0.05) is 5.92 Å². The Morgan fingerprint density at radius 1 is 1.05 bits per heavy atom. The minimum atomic E-state index is 0.395. The zero-order valence-electron chi connectivity index (χ0n) is 14.4. The van der Waals surface area contributed by atoms with E-state index < -0.39 is 0 Å². The van der Waals surface area contributed by atoms with Gasteiger partial charge in [-0.2, -0.15) is 0 Å². The van der Waals surface area contributed by atoms with Crippen LogP contribution < -0.4 is 0 Å². The van der Waals surface area contributed by atoms with E-state index in [1.54, 1.807) is 16.7 Å². The number of rotatable bonds is 3. The molecule has 0 heterocycles. The molecule has 1 unspecified atom stereocenters. The van der Waals surface area contributed by atoms with E-state index >= 15 is 0 Å². The Morgan fingerprint density at radius 3 is 2.24 bits per heavy atom. The molecule has 0 amide bonds. The Bertz CT molecular complexity index is 564. The Kier molecular flexibility index (Phi) is 3.55. The van der Waals surface area contributed by atoms with Gasteiger partial charge in [-0.05, 0) is 65.2 Å². The van der Waals surface area contributed by atoms with Crippen LogP contribution in [0.2, 0.25) is 0 Å². The van der Waals surface area contributed by atoms with Crippen LogP contribution in [0.15, 0.2) is 18.2 Å². The topological polar surface area (TPSA) is 0 Å². The predicted molar refractivity (Wildman–Crippen MR) is 92.7 cm³/mol. The van der Waals surface area contributed by atoms with Gasteiger partial charge in [-0.25, -0.2) is 0 Å². The van der Waals surface area contributed by atoms with Crippen molar-refractivity contribution in [1.82, 2.24) is 0 Å². The lowest BCUT2D eigenvalue weighted by Gasteiger charge is -2.25. The fourth-order valence-corrected chi connectivity index (χ4v) is 4.30. The molecule has 3 rings (SSSR count). The first-order valence-electron chi connectivity index (χ1n) is 8.70. The van der Waals surface area contributed by atoms with Gasteiger partial charge in [0.05, 0.1) is 0 Å². The van der Waals surface area contributed by atoms with Crippen molar-refractivity contribution in [3.05, 3.63) is 40.5 Å². The summed E-state index contributed by atoms with van der Waals surface area (Å²) in [6.45, 7) is 11.8. The number of hydrogen-bond acceptors (Lipinski definition) is 0. The van der Waals surface area contributed by atoms with Crippen molar-refractivity contribution in [2.24, 2.45) is 10.8 Å². The molecule has 2 aliphatic carbocycles. The molecule has 2 aliphatic rings. The van der Waals surface area contributed by atoms with Gasteiger partial charge < -0.3 is 0 Å². The molecule has 1 aromatic rings. The quantitative estimate of drug-likeness (QED) is 0.625. The standard InChI is InChI=1S/C21H30/c1-6-21(7-2)13-17-10-15-8-9-16(12-20(3,4)5)19(15)11-18(17)14-21/h8-11,16H,6-7,12-14H2,1-5H3. The third-order valence-corrected chi connectivity index (χ3v) is 5.78. The Balaban J connectivity index is 1.91. The molecule has 0 aliphatic heterocycles. The number of allylic oxidation sites excluding steroid dienone is 1. The summed E-state index contributed by atoms with van der Waals surface area (Å²) in [7, 11) is 0. The van der Waals surface area contributed by atoms with E-state index in [-0.39, 0.29) is 0 Å². The molecule has 0 fully saturated rings. The van der Waals surface area contributed by atoms with E-state index in [2.05, 4.69) is 58.9 Å². The largest absolute Gasteiger partial charge is 0.0764 e. The van der Waals surface area contributed by atoms with Crippen molar-refractivity contribution in [3.8, 4) is 0 Å². The number of hydrogen-bond donors (Lipinski definition) is 0. The summed E-state index contributed by atoms with van der Waals surface area (Å²) in [5.74, 6) is 0.628. The van der Waals surface area contributed by atoms with E-state index in [1.165, 1.54) is 37.7 Å². The molecule has 0 saturated carbocycles. The summed E-state index contributed by atoms with van der Waals surface area (Å²) in [6.07, 6.45) is 11.3. The van der Waals surface area contributed by atoms with Crippen LogP contribution in [-0.4, -0.2) is 0 Å². The van der Waals surface area contributed by atoms with Crippen LogP contribution in [0.1, 0.15) is 82.1 Å². The van der Waals surface area contributed by atoms with Gasteiger partial charge in [0.25, 0.3) is 0 Å². The number of fused-ring (bicyclic) bond motifs is 2. The molecule has 0 bridgehead atoms. The fraction of sp³-hybridized carbons (Fsp3) is 0.619. The Hall–Kier alpha value is -1.04. The predicted octanol–water partition coefficient (Wildman–Crippen LogP) is 6.14. The molecule has 0 saturated heterocycles. The normalized spacial score (nSPS) is 22.4. The van der Waals surface area contributed by atoms with Gasteiger partial charge in [-0.3, -0.25) is 0 Å². The molecule has 0 spiro atoms. The summed E-state index contributed by atoms with van der Waals surface area (Å²) < 4.78 is 0. The SMILES string of the molecule is CCC1(CC)Cc2cc3c(cc2C1)C(CC(C)(C)C)C=C3. The van der Waals surface area contributed by atoms with Crippen molar-refractivity contribution in [2.45, 2.75) is 72.6 Å². The lowest BCUT2D eigenvalue weighted by molar-refractivity contribution is 0.280. The van der Waals surface area contributed by atoms with Gasteiger partial charge in [-0.1, -0.05) is 58.9 Å². The van der Waals surface area contributed by atoms with Crippen molar-refractivity contribution >= 4 is 6.08 Å². The molecule has 21 heavy (non-hydrogen) atoms. The Morgan fingerprint density at radius 2 is 1.67 bits per heavy atom. The molecule has 0 radical (unpaired) electrons. The van der Waals surface area contributed by atoms with Gasteiger partial charge >= 0.3 is 0 Å². The van der Waals surface area contributed by atoms with E-state index in [4.69, 9.17) is 0 Å². The minimum absolute atomic E-state index is 0.395. The van der Waals surface area contributed by atoms with Gasteiger partial charge in [0.15, 0.2) is 0 Å². The average molecular weight is 282 g/mol. The average Bonchev–Trinajstić information content (AvgIpc) is 2.96. The lowest BCUT2D eigenvalue weighted by Crippen LogP contribution is -2.18. The first kappa shape index (κ1) is 14.9. The van der Waals surface area contributed by atoms with E-state index in [1.807, 2.05) is 0 Å². The molecule has 1 atom stereocenters. The van der Waals surface area contributed by atoms with Crippen LogP contribution >= 0.6 is 0 Å². The zero-order chi connectivity index (χ0) is 15.3. The third kappa shape index (κ3) is 2.70. The summed E-state index contributed by atoms with van der Waals surface area (Å²) in [5, 5.41) is 0. The monoisotopic (exact) mass is 282 g/mol. The summed E-state index contributed by atoms with van der Waals surface area (Å²) in [6, 6.07) is 5.05. The van der Waals surface area contributed by atoms with E-state index in [0.29, 0.717) is 16.7 Å². The van der Waals surface area contributed by atoms with Crippen molar-refractivity contribution in [3.63, 3.8) is 0 Å². The van der Waals surface area contributed by atoms with Crippen LogP contribution in [0.4, 0.5) is 0 Å². The van der Waals surface area contributed by atoms with Crippen LogP contribution in [0.5, 0.6) is 0 Å². The third-order valence-electron chi connectivity index (χ3n) is 5.78. The second-order valence-electron chi connectivity index (χ2n) is 8.54. The molecular weight excluding hydrogens is 252 g/mol. The summed E-state index contributed by atoms with van der Waals surface area (Å²) >= 11 is 0. The maximum atomic E-state index is 2.55. The zero-order valence-corrected chi connectivity index (χ0v) is 14.4. The van der Waals surface area contributed by atoms with Crippen molar-refractivity contribution in [1.29, 1.82) is 0 Å². The Labute approximate surface area is 130 Å². The maximum Gasteiger partial charge on any atom is 0.00323 e. The van der Waals surface area contributed by atoms with E-state index in [9.17, 15) is 0 Å². The van der Waals surface area contributed by atoms with Crippen LogP contribution in [-0.2, 0) is 12.8 Å². The minimum Gasteiger partial charge on any atom is -0.0764 e. The van der Waals surface area contributed by atoms with Crippen LogP contribution in [0, 0.1) is 10.8 Å². The first-order valence-corrected chi connectivity index (χ1v) is 8.70. The molecular formula is C21H30. The van der Waals surface area contributed by atoms with Crippen LogP contribution in [0.3, 0.4) is 0 Å². The van der Waals surface area contributed by atoms with Crippen LogP contribution in [0.25, 0.3) is 6.08 Å². The maximum absolute atomic E-state index is 2.55. The van der Waals surface area contributed by atoms with Gasteiger partial charge in [0.1, 0.15) is 0 Å². The van der Waals surface area contributed by atoms with Crippen molar-refractivity contribution in [2.75, 3.05) is 0 Å². The molecule has 1 aromatic carbocycles. The van der Waals surface area contributed by atoms with E-state index in [0.717, 1.165) is 0 Å². The first-order chi connectivity index (χ1) is 9.86. The highest BCUT2D eigenvalue weighted by molar-refractivity contribution is 5.65. The van der Waals surface area contributed by atoms with Crippen molar-refractivity contribution < 1.29 is 0 Å². The second kappa shape index (κ2) is 5.00. The number of benzene rings is 1. The molecule has 0 nitrogen and oxygen atoms in total. The highest BCUT2D eigenvalue weighted by Crippen LogP contribution is 2.46. The molecule has 0 heteroatoms. The second-order valence-corrected chi connectivity index (χ2v) is 8.54. The van der Waals surface area contributed by atoms with Gasteiger partial charge in [-0.15, -0.1) is 0 Å². The molecule has 0 aromatic heterocycles.